The lowest BCUT2D eigenvalue weighted by Crippen LogP contribution is -2.28. The van der Waals surface area contributed by atoms with Gasteiger partial charge >= 0.3 is 5.69 Å². The Morgan fingerprint density at radius 2 is 2.25 bits per heavy atom. The number of nitrogen functional groups attached to an aromatic ring is 1. The Labute approximate surface area is 118 Å². The summed E-state index contributed by atoms with van der Waals surface area (Å²) in [4.78, 5) is 26.6. The van der Waals surface area contributed by atoms with Crippen LogP contribution in [0.2, 0.25) is 5.02 Å². The fourth-order valence-electron chi connectivity index (χ4n) is 1.52. The molecule has 0 saturated heterocycles. The number of aromatic nitrogens is 2. The van der Waals surface area contributed by atoms with Gasteiger partial charge in [0.2, 0.25) is 5.91 Å². The summed E-state index contributed by atoms with van der Waals surface area (Å²) in [6.45, 7) is -0.333. The normalized spacial score (nSPS) is 10.3. The smallest absolute Gasteiger partial charge is 0.348 e. The van der Waals surface area contributed by atoms with Crippen molar-refractivity contribution >= 4 is 28.9 Å². The molecule has 0 bridgehead atoms. The Hall–Kier alpha value is -2.41. The number of nitrogens with two attached hydrogens (primary N) is 1. The van der Waals surface area contributed by atoms with E-state index in [2.05, 4.69) is 10.3 Å². The highest BCUT2D eigenvalue weighted by atomic mass is 35.5. The van der Waals surface area contributed by atoms with Crippen LogP contribution in [0.1, 0.15) is 0 Å². The van der Waals surface area contributed by atoms with Gasteiger partial charge in [0.1, 0.15) is 12.4 Å². The zero-order valence-electron chi connectivity index (χ0n) is 10.1. The van der Waals surface area contributed by atoms with E-state index in [1.807, 2.05) is 0 Å². The number of anilines is 2. The Kier molecular flexibility index (Phi) is 3.99. The van der Waals surface area contributed by atoms with Gasteiger partial charge in [0.15, 0.2) is 0 Å². The van der Waals surface area contributed by atoms with Gasteiger partial charge in [-0.15, -0.1) is 0 Å². The lowest BCUT2D eigenvalue weighted by Gasteiger charge is -2.08. The van der Waals surface area contributed by atoms with E-state index in [0.29, 0.717) is 5.69 Å². The summed E-state index contributed by atoms with van der Waals surface area (Å²) in [5.41, 5.74) is 5.12. The first-order chi connectivity index (χ1) is 9.45. The zero-order chi connectivity index (χ0) is 14.7. The predicted octanol–water partition coefficient (Wildman–Crippen LogP) is 1.26. The molecule has 0 atom stereocenters. The Morgan fingerprint density at radius 3 is 3.00 bits per heavy atom. The lowest BCUT2D eigenvalue weighted by molar-refractivity contribution is -0.116. The van der Waals surface area contributed by atoms with Crippen LogP contribution in [0.4, 0.5) is 15.8 Å². The number of carbonyl (C=O) groups is 1. The van der Waals surface area contributed by atoms with Crippen molar-refractivity contribution in [2.24, 2.45) is 0 Å². The number of carbonyl (C=O) groups excluding carboxylic acids is 1. The van der Waals surface area contributed by atoms with Crippen LogP contribution in [-0.2, 0) is 11.3 Å². The van der Waals surface area contributed by atoms with E-state index in [0.717, 1.165) is 10.6 Å². The number of amides is 1. The quantitative estimate of drug-likeness (QED) is 0.834. The molecule has 0 aliphatic rings. The second kappa shape index (κ2) is 5.70. The molecule has 1 aromatic carbocycles. The molecule has 1 aromatic heterocycles. The second-order valence-corrected chi connectivity index (χ2v) is 4.41. The second-order valence-electron chi connectivity index (χ2n) is 3.97. The molecule has 1 amide bonds. The van der Waals surface area contributed by atoms with Crippen LogP contribution < -0.4 is 16.7 Å². The SMILES string of the molecule is Nc1ccc(F)c(NC(=O)Cn2cc(Cl)cnc2=O)c1. The van der Waals surface area contributed by atoms with Crippen molar-refractivity contribution in [3.05, 3.63) is 51.9 Å². The van der Waals surface area contributed by atoms with E-state index in [4.69, 9.17) is 17.3 Å². The number of rotatable bonds is 3. The third kappa shape index (κ3) is 3.33. The van der Waals surface area contributed by atoms with Crippen LogP contribution in [0.25, 0.3) is 0 Å². The molecule has 0 spiro atoms. The van der Waals surface area contributed by atoms with Crippen molar-refractivity contribution in [3.8, 4) is 0 Å². The van der Waals surface area contributed by atoms with Crippen LogP contribution in [0.3, 0.4) is 0 Å². The van der Waals surface area contributed by atoms with E-state index in [-0.39, 0.29) is 17.3 Å². The van der Waals surface area contributed by atoms with Crippen molar-refractivity contribution in [2.75, 3.05) is 11.1 Å². The topological polar surface area (TPSA) is 90.0 Å². The summed E-state index contributed by atoms with van der Waals surface area (Å²) < 4.78 is 14.5. The first-order valence-electron chi connectivity index (χ1n) is 5.52. The minimum Gasteiger partial charge on any atom is -0.399 e. The molecule has 6 nitrogen and oxygen atoms in total. The van der Waals surface area contributed by atoms with E-state index in [9.17, 15) is 14.0 Å². The van der Waals surface area contributed by atoms with Crippen LogP contribution >= 0.6 is 11.6 Å². The highest BCUT2D eigenvalue weighted by Crippen LogP contribution is 2.17. The summed E-state index contributed by atoms with van der Waals surface area (Å²) in [6, 6.07) is 3.79. The van der Waals surface area contributed by atoms with Gasteiger partial charge in [-0.25, -0.2) is 14.2 Å². The first-order valence-corrected chi connectivity index (χ1v) is 5.90. The molecule has 2 rings (SSSR count). The number of nitrogens with zero attached hydrogens (tertiary/aromatic N) is 2. The van der Waals surface area contributed by atoms with Crippen LogP contribution in [0, 0.1) is 5.82 Å². The average Bonchev–Trinajstić information content (AvgIpc) is 2.38. The van der Waals surface area contributed by atoms with Crippen LogP contribution in [0.5, 0.6) is 0 Å². The number of nitrogens with one attached hydrogen (secondary N) is 1. The summed E-state index contributed by atoms with van der Waals surface area (Å²) >= 11 is 5.68. The highest BCUT2D eigenvalue weighted by molar-refractivity contribution is 6.30. The maximum Gasteiger partial charge on any atom is 0.348 e. The zero-order valence-corrected chi connectivity index (χ0v) is 10.9. The Bertz CT molecular complexity index is 717. The van der Waals surface area contributed by atoms with Crippen molar-refractivity contribution in [1.29, 1.82) is 0 Å². The number of halogens is 2. The van der Waals surface area contributed by atoms with Gasteiger partial charge in [0.05, 0.1) is 16.9 Å². The first kappa shape index (κ1) is 14.0. The molecule has 8 heteroatoms. The predicted molar refractivity (Wildman–Crippen MR) is 72.9 cm³/mol. The molecule has 0 aliphatic carbocycles. The van der Waals surface area contributed by atoms with Gasteiger partial charge in [-0.3, -0.25) is 9.36 Å². The van der Waals surface area contributed by atoms with Crippen LogP contribution in [-0.4, -0.2) is 15.5 Å². The number of hydrogen-bond acceptors (Lipinski definition) is 4. The summed E-state index contributed by atoms with van der Waals surface area (Å²) in [6.07, 6.45) is 2.45. The largest absolute Gasteiger partial charge is 0.399 e. The summed E-state index contributed by atoms with van der Waals surface area (Å²) in [7, 11) is 0. The minimum atomic E-state index is -0.627. The number of benzene rings is 1. The molecule has 0 fully saturated rings. The summed E-state index contributed by atoms with van der Waals surface area (Å²) in [5.74, 6) is -1.22. The van der Waals surface area contributed by atoms with Gasteiger partial charge in [-0.2, -0.15) is 0 Å². The van der Waals surface area contributed by atoms with Crippen molar-refractivity contribution < 1.29 is 9.18 Å². The maximum atomic E-state index is 13.4. The van der Waals surface area contributed by atoms with E-state index in [1.54, 1.807) is 0 Å². The molecular formula is C12H10ClFN4O2. The minimum absolute atomic E-state index is 0.0574. The molecule has 0 saturated carbocycles. The molecular weight excluding hydrogens is 287 g/mol. The van der Waals surface area contributed by atoms with Gasteiger partial charge in [-0.05, 0) is 18.2 Å². The van der Waals surface area contributed by atoms with Gasteiger partial charge in [0.25, 0.3) is 0 Å². The van der Waals surface area contributed by atoms with E-state index in [1.165, 1.54) is 24.5 Å². The Morgan fingerprint density at radius 1 is 1.50 bits per heavy atom. The Balaban J connectivity index is 2.15. The molecule has 2 aromatic rings. The molecule has 104 valence electrons. The summed E-state index contributed by atoms with van der Waals surface area (Å²) in [5, 5.41) is 2.54. The third-order valence-corrected chi connectivity index (χ3v) is 2.60. The average molecular weight is 297 g/mol. The molecule has 0 unspecified atom stereocenters. The molecule has 0 radical (unpaired) electrons. The van der Waals surface area contributed by atoms with Gasteiger partial charge in [0, 0.05) is 11.9 Å². The van der Waals surface area contributed by atoms with Gasteiger partial charge in [-0.1, -0.05) is 11.6 Å². The lowest BCUT2D eigenvalue weighted by atomic mass is 10.2. The van der Waals surface area contributed by atoms with Crippen molar-refractivity contribution in [2.45, 2.75) is 6.54 Å². The maximum absolute atomic E-state index is 13.4. The van der Waals surface area contributed by atoms with Crippen molar-refractivity contribution in [3.63, 3.8) is 0 Å². The molecule has 3 N–H and O–H groups in total. The standard InChI is InChI=1S/C12H10ClFN4O2/c13-7-4-16-12(20)18(5-7)6-11(19)17-10-3-8(15)1-2-9(10)14/h1-5H,6,15H2,(H,17,19). The van der Waals surface area contributed by atoms with Gasteiger partial charge < -0.3 is 11.1 Å². The molecule has 20 heavy (non-hydrogen) atoms. The monoisotopic (exact) mass is 296 g/mol. The van der Waals surface area contributed by atoms with Crippen LogP contribution in [0.15, 0.2) is 35.4 Å². The fraction of sp³-hybridized carbons (Fsp3) is 0.0833. The fourth-order valence-corrected chi connectivity index (χ4v) is 1.69. The van der Waals surface area contributed by atoms with Crippen molar-refractivity contribution in [1.82, 2.24) is 9.55 Å². The van der Waals surface area contributed by atoms with E-state index < -0.39 is 17.4 Å². The van der Waals surface area contributed by atoms with E-state index >= 15 is 0 Å². The molecule has 1 heterocycles. The third-order valence-electron chi connectivity index (χ3n) is 2.40. The molecule has 0 aliphatic heterocycles. The highest BCUT2D eigenvalue weighted by Gasteiger charge is 2.09. The number of hydrogen-bond donors (Lipinski definition) is 2.